The van der Waals surface area contributed by atoms with Crippen LogP contribution in [0.3, 0.4) is 0 Å². The molecule has 6 heteroatoms. The molecule has 0 saturated heterocycles. The fraction of sp³-hybridized carbons (Fsp3) is 0.955. The highest BCUT2D eigenvalue weighted by Crippen LogP contribution is 2.14. The fourth-order valence-corrected chi connectivity index (χ4v) is 6.35. The number of aliphatic hydroxyl groups excluding tert-OH is 1. The summed E-state index contributed by atoms with van der Waals surface area (Å²) in [5.74, 6) is -0.777. The molecule has 0 aromatic heterocycles. The smallest absolute Gasteiger partial charge is 0.305 e. The van der Waals surface area contributed by atoms with Gasteiger partial charge in [0.05, 0.1) is 13.2 Å². The summed E-state index contributed by atoms with van der Waals surface area (Å²) >= 11 is 0. The lowest BCUT2D eigenvalue weighted by Crippen LogP contribution is -2.29. The monoisotopic (exact) mass is 713 g/mol. The molecule has 0 aromatic rings. The Kier molecular flexibility index (Phi) is 44.8. The zero-order chi connectivity index (χ0) is 37.9. The zero-order valence-corrected chi connectivity index (χ0v) is 34.0. The number of aliphatic hydroxyl groups is 1. The highest BCUT2D eigenvalue weighted by Gasteiger charge is 2.06. The number of carboxylic acid groups (broad SMARTS) is 1. The summed E-state index contributed by atoms with van der Waals surface area (Å²) in [7, 11) is 0. The summed E-state index contributed by atoms with van der Waals surface area (Å²) in [6.07, 6.45) is 38.9. The Balaban J connectivity index is 0. The lowest BCUT2D eigenvalue weighted by atomic mass is 10.0. The van der Waals surface area contributed by atoms with Gasteiger partial charge in [0.1, 0.15) is 0 Å². The molecule has 0 atom stereocenters. The number of hydrogen-bond donors (Lipinski definition) is 2. The lowest BCUT2D eigenvalue weighted by molar-refractivity contribution is -0.144. The summed E-state index contributed by atoms with van der Waals surface area (Å²) in [6, 6.07) is 0. The Labute approximate surface area is 314 Å². The third-order valence-electron chi connectivity index (χ3n) is 9.67. The number of hydrogen-bond acceptors (Lipinski definition) is 5. The van der Waals surface area contributed by atoms with Crippen LogP contribution in [0.2, 0.25) is 0 Å². The number of esters is 1. The van der Waals surface area contributed by atoms with Crippen LogP contribution in [0.15, 0.2) is 0 Å². The quantitative estimate of drug-likeness (QED) is 0.0486. The Morgan fingerprint density at radius 1 is 0.480 bits per heavy atom. The third-order valence-corrected chi connectivity index (χ3v) is 9.67. The molecule has 0 amide bonds. The highest BCUT2D eigenvalue weighted by atomic mass is 16.5. The van der Waals surface area contributed by atoms with E-state index in [4.69, 9.17) is 11.2 Å². The maximum Gasteiger partial charge on any atom is 0.305 e. The molecule has 0 saturated carbocycles. The molecular weight excluding hydrogens is 622 g/mol. The second kappa shape index (κ2) is 45.9. The lowest BCUT2D eigenvalue weighted by Gasteiger charge is -2.21. The Morgan fingerprint density at radius 2 is 0.840 bits per heavy atom. The van der Waals surface area contributed by atoms with Crippen LogP contribution in [0.1, 0.15) is 240 Å². The number of aliphatic carboxylic acids is 1. The first-order valence-corrected chi connectivity index (χ1v) is 22.0. The molecule has 50 heavy (non-hydrogen) atoms. The van der Waals surface area contributed by atoms with Crippen LogP contribution in [0.4, 0.5) is 0 Å². The fourth-order valence-electron chi connectivity index (χ4n) is 6.35. The highest BCUT2D eigenvalue weighted by molar-refractivity contribution is 5.69. The largest absolute Gasteiger partial charge is 0.481 e. The molecule has 300 valence electrons. The van der Waals surface area contributed by atoms with Gasteiger partial charge in [-0.1, -0.05) is 194 Å². The van der Waals surface area contributed by atoms with Crippen molar-refractivity contribution in [1.29, 1.82) is 0 Å². The number of unbranched alkanes of at least 4 members (excludes halogenated alkanes) is 24. The van der Waals surface area contributed by atoms with Crippen LogP contribution < -0.4 is 0 Å². The first-order chi connectivity index (χ1) is 24.9. The van der Waals surface area contributed by atoms with Crippen molar-refractivity contribution in [2.45, 2.75) is 239 Å². The van der Waals surface area contributed by atoms with E-state index in [1.54, 1.807) is 0 Å². The number of carboxylic acids is 1. The van der Waals surface area contributed by atoms with Crippen LogP contribution in [-0.2, 0) is 14.3 Å². The first kappa shape index (κ1) is 48.9. The standard InChI is InChI=1S/C27H53NO5.C17H36/c1-2-3-4-5-6-7-8-12-18-25-33-27(32)20-15-13-17-22-28(23-24-29)21-16-11-9-10-14-19-26(30)31;1-3-5-7-9-11-13-15-17-16-14-12-10-8-6-4-2/h29H,2-25H2,1H3,(H,30,31);3-17H2,1-2H3/i;17D. The average molecular weight is 713 g/mol. The molecular formula is C44H89NO5. The van der Waals surface area contributed by atoms with Crippen LogP contribution >= 0.6 is 0 Å². The van der Waals surface area contributed by atoms with Gasteiger partial charge in [-0.2, -0.15) is 0 Å². The van der Waals surface area contributed by atoms with Crippen LogP contribution in [0.5, 0.6) is 0 Å². The molecule has 6 nitrogen and oxygen atoms in total. The predicted molar refractivity (Wildman–Crippen MR) is 216 cm³/mol. The third kappa shape index (κ3) is 46.9. The molecule has 0 heterocycles. The van der Waals surface area contributed by atoms with Gasteiger partial charge < -0.3 is 19.8 Å². The van der Waals surface area contributed by atoms with Gasteiger partial charge in [0.25, 0.3) is 0 Å². The van der Waals surface area contributed by atoms with Crippen molar-refractivity contribution >= 4 is 11.9 Å². The van der Waals surface area contributed by atoms with Crippen molar-refractivity contribution in [2.75, 3.05) is 32.8 Å². The second-order valence-electron chi connectivity index (χ2n) is 14.7. The molecule has 0 aromatic carbocycles. The van der Waals surface area contributed by atoms with E-state index >= 15 is 0 Å². The van der Waals surface area contributed by atoms with Gasteiger partial charge in [-0.15, -0.1) is 0 Å². The van der Waals surface area contributed by atoms with E-state index in [1.165, 1.54) is 122 Å². The van der Waals surface area contributed by atoms with E-state index in [9.17, 15) is 14.7 Å². The summed E-state index contributed by atoms with van der Waals surface area (Å²) < 4.78 is 13.4. The van der Waals surface area contributed by atoms with Gasteiger partial charge >= 0.3 is 11.9 Å². The van der Waals surface area contributed by atoms with Crippen LogP contribution in [-0.4, -0.2) is 59.9 Å². The summed E-state index contributed by atoms with van der Waals surface area (Å²) in [5, 5.41) is 17.9. The number of nitrogens with zero attached hydrogens (tertiary/aromatic N) is 1. The minimum atomic E-state index is -0.712. The van der Waals surface area contributed by atoms with Crippen molar-refractivity contribution in [1.82, 2.24) is 4.90 Å². The van der Waals surface area contributed by atoms with E-state index in [0.29, 0.717) is 19.6 Å². The van der Waals surface area contributed by atoms with Crippen molar-refractivity contribution in [3.05, 3.63) is 0 Å². The minimum Gasteiger partial charge on any atom is -0.481 e. The van der Waals surface area contributed by atoms with Gasteiger partial charge in [-0.25, -0.2) is 0 Å². The SMILES string of the molecule is CCCCCCCCCCCOC(=O)CCCCCN(CCO)CCCCCCCC(=O)O.[2H]C(CCCCCCCC)CCCCCCCC. The van der Waals surface area contributed by atoms with Crippen molar-refractivity contribution in [2.24, 2.45) is 0 Å². The molecule has 0 aliphatic heterocycles. The Hall–Kier alpha value is -1.14. The zero-order valence-electron chi connectivity index (χ0n) is 35.0. The molecule has 0 fully saturated rings. The van der Waals surface area contributed by atoms with Gasteiger partial charge in [0, 0.05) is 20.8 Å². The molecule has 0 spiro atoms. The molecule has 0 bridgehead atoms. The summed E-state index contributed by atoms with van der Waals surface area (Å²) in [6.45, 7) is 10.1. The maximum absolute atomic E-state index is 11.9. The molecule has 0 aliphatic rings. The number of carbonyl (C=O) groups is 2. The number of ether oxygens (including phenoxy) is 1. The molecule has 0 aliphatic carbocycles. The van der Waals surface area contributed by atoms with E-state index in [0.717, 1.165) is 90.1 Å². The molecule has 0 radical (unpaired) electrons. The Bertz CT molecular complexity index is 678. The minimum absolute atomic E-state index is 0.0651. The average Bonchev–Trinajstić information content (AvgIpc) is 3.11. The van der Waals surface area contributed by atoms with E-state index in [1.807, 2.05) is 0 Å². The summed E-state index contributed by atoms with van der Waals surface area (Å²) in [5.41, 5.74) is 0. The predicted octanol–water partition coefficient (Wildman–Crippen LogP) is 13.2. The van der Waals surface area contributed by atoms with Gasteiger partial charge in [-0.05, 0) is 45.2 Å². The van der Waals surface area contributed by atoms with Gasteiger partial charge in [-0.3, -0.25) is 9.59 Å². The van der Waals surface area contributed by atoms with Crippen molar-refractivity contribution < 1.29 is 25.9 Å². The van der Waals surface area contributed by atoms with Gasteiger partial charge in [0.2, 0.25) is 0 Å². The first-order valence-electron chi connectivity index (χ1n) is 22.6. The number of rotatable bonds is 40. The second-order valence-corrected chi connectivity index (χ2v) is 14.7. The molecule has 0 rings (SSSR count). The molecule has 2 N–H and O–H groups in total. The molecule has 0 unspecified atom stereocenters. The van der Waals surface area contributed by atoms with E-state index < -0.39 is 5.97 Å². The van der Waals surface area contributed by atoms with E-state index in [2.05, 4.69) is 25.7 Å². The van der Waals surface area contributed by atoms with Crippen LogP contribution in [0, 0.1) is 0 Å². The van der Waals surface area contributed by atoms with E-state index in [-0.39, 0.29) is 25.4 Å². The van der Waals surface area contributed by atoms with Crippen LogP contribution in [0.25, 0.3) is 0 Å². The maximum atomic E-state index is 11.9. The Morgan fingerprint density at radius 3 is 1.28 bits per heavy atom. The normalized spacial score (nSPS) is 11.5. The summed E-state index contributed by atoms with van der Waals surface area (Å²) in [4.78, 5) is 24.7. The number of carbonyl (C=O) groups excluding carboxylic acids is 1. The van der Waals surface area contributed by atoms with Crippen molar-refractivity contribution in [3.63, 3.8) is 0 Å². The van der Waals surface area contributed by atoms with Crippen molar-refractivity contribution in [3.8, 4) is 0 Å². The van der Waals surface area contributed by atoms with Gasteiger partial charge in [0.15, 0.2) is 0 Å². The topological polar surface area (TPSA) is 87.1 Å².